The standard InChI is InChI=1S/C25H27N3O5.Y/c29-23-9-8-21(24(30)26-23)28-15-20-19(25(28)31)2-1-3-22(20)33-16-18-6-4-17(5-7-18)14-27-10-12-32-13-11-27;/h1-7,21H,8-16H2,(H,26,29,30);/p-1. The van der Waals surface area contributed by atoms with Crippen molar-refractivity contribution in [3.63, 3.8) is 0 Å². The molecule has 3 heterocycles. The van der Waals surface area contributed by atoms with Crippen LogP contribution in [0.25, 0.3) is 5.32 Å². The molecule has 2 saturated heterocycles. The fourth-order valence-electron chi connectivity index (χ4n) is 4.56. The molecular formula is C25H26N3O5Y-. The molecule has 34 heavy (non-hydrogen) atoms. The van der Waals surface area contributed by atoms with Crippen LogP contribution in [0, 0.1) is 0 Å². The minimum absolute atomic E-state index is 0. The van der Waals surface area contributed by atoms with Gasteiger partial charge in [0.25, 0.3) is 5.91 Å². The van der Waals surface area contributed by atoms with E-state index in [0.29, 0.717) is 24.3 Å². The number of carbonyl (C=O) groups excluding carboxylic acids is 3. The molecule has 1 atom stereocenters. The molecule has 5 rings (SSSR count). The van der Waals surface area contributed by atoms with E-state index in [1.807, 2.05) is 6.07 Å². The van der Waals surface area contributed by atoms with E-state index in [9.17, 15) is 14.4 Å². The van der Waals surface area contributed by atoms with Crippen molar-refractivity contribution in [3.8, 4) is 5.75 Å². The Morgan fingerprint density at radius 3 is 2.47 bits per heavy atom. The van der Waals surface area contributed by atoms with Gasteiger partial charge >= 0.3 is 0 Å². The molecule has 2 aromatic carbocycles. The fraction of sp³-hybridized carbons (Fsp3) is 0.400. The molecule has 0 bridgehead atoms. The molecule has 175 valence electrons. The third kappa shape index (κ3) is 5.41. The Kier molecular flexibility index (Phi) is 8.14. The Labute approximate surface area is 223 Å². The number of hydrogen-bond donors (Lipinski definition) is 0. The first-order valence-corrected chi connectivity index (χ1v) is 11.3. The van der Waals surface area contributed by atoms with Crippen LogP contribution in [0.1, 0.15) is 39.9 Å². The molecule has 1 unspecified atom stereocenters. The van der Waals surface area contributed by atoms with Gasteiger partial charge in [0.2, 0.25) is 0 Å². The van der Waals surface area contributed by atoms with Gasteiger partial charge in [0, 0.05) is 63.5 Å². The summed E-state index contributed by atoms with van der Waals surface area (Å²) < 4.78 is 11.5. The van der Waals surface area contributed by atoms with Crippen LogP contribution in [0.4, 0.5) is 0 Å². The van der Waals surface area contributed by atoms with Gasteiger partial charge in [-0.05, 0) is 36.1 Å². The van der Waals surface area contributed by atoms with Crippen molar-refractivity contribution >= 4 is 17.7 Å². The number of carbonyl (C=O) groups is 3. The monoisotopic (exact) mass is 537 g/mol. The van der Waals surface area contributed by atoms with E-state index in [0.717, 1.165) is 44.0 Å². The molecule has 9 heteroatoms. The zero-order chi connectivity index (χ0) is 22.8. The molecule has 8 nitrogen and oxygen atoms in total. The third-order valence-electron chi connectivity index (χ3n) is 6.41. The van der Waals surface area contributed by atoms with Crippen molar-refractivity contribution in [3.05, 3.63) is 70.0 Å². The van der Waals surface area contributed by atoms with E-state index < -0.39 is 17.9 Å². The SMILES string of the molecule is O=C1CCC(N2Cc3c(OCc4ccc(CN5CCOCC5)cc4)cccc3C2=O)C(=O)[N-]1.[Y]. The zero-order valence-electron chi connectivity index (χ0n) is 18.9. The largest absolute Gasteiger partial charge is 0.594 e. The number of ether oxygens (including phenoxy) is 2. The van der Waals surface area contributed by atoms with Crippen molar-refractivity contribution in [1.29, 1.82) is 0 Å². The molecule has 1 radical (unpaired) electrons. The van der Waals surface area contributed by atoms with E-state index in [4.69, 9.17) is 9.47 Å². The van der Waals surface area contributed by atoms with Crippen molar-refractivity contribution in [2.45, 2.75) is 38.6 Å². The van der Waals surface area contributed by atoms with Gasteiger partial charge in [-0.3, -0.25) is 9.69 Å². The van der Waals surface area contributed by atoms with Gasteiger partial charge in [0.15, 0.2) is 0 Å². The van der Waals surface area contributed by atoms with Crippen LogP contribution in [0.3, 0.4) is 0 Å². The molecule has 2 fully saturated rings. The summed E-state index contributed by atoms with van der Waals surface area (Å²) in [6.07, 6.45) is 0.495. The summed E-state index contributed by atoms with van der Waals surface area (Å²) in [6.45, 7) is 5.06. The van der Waals surface area contributed by atoms with E-state index in [2.05, 4.69) is 34.5 Å². The number of fused-ring (bicyclic) bond motifs is 1. The number of amides is 3. The molecule has 3 aliphatic rings. The summed E-state index contributed by atoms with van der Waals surface area (Å²) >= 11 is 0. The molecule has 0 saturated carbocycles. The van der Waals surface area contributed by atoms with Crippen LogP contribution in [0.5, 0.6) is 5.75 Å². The Hall–Kier alpha value is -2.13. The summed E-state index contributed by atoms with van der Waals surface area (Å²) in [7, 11) is 0. The molecule has 3 amide bonds. The van der Waals surface area contributed by atoms with E-state index in [-0.39, 0.29) is 51.6 Å². The topological polar surface area (TPSA) is 90.2 Å². The van der Waals surface area contributed by atoms with Gasteiger partial charge in [0.1, 0.15) is 12.4 Å². The summed E-state index contributed by atoms with van der Waals surface area (Å²) in [4.78, 5) is 40.4. The number of benzene rings is 2. The fourth-order valence-corrected chi connectivity index (χ4v) is 4.56. The minimum Gasteiger partial charge on any atom is -0.594 e. The number of piperidine rings is 1. The zero-order valence-corrected chi connectivity index (χ0v) is 21.8. The van der Waals surface area contributed by atoms with Crippen molar-refractivity contribution < 1.29 is 56.6 Å². The Balaban J connectivity index is 0.00000274. The maximum Gasteiger partial charge on any atom is 0.255 e. The second-order valence-corrected chi connectivity index (χ2v) is 8.61. The smallest absolute Gasteiger partial charge is 0.255 e. The summed E-state index contributed by atoms with van der Waals surface area (Å²) in [5.41, 5.74) is 3.61. The molecule has 0 aliphatic carbocycles. The predicted molar refractivity (Wildman–Crippen MR) is 120 cm³/mol. The first-order chi connectivity index (χ1) is 16.1. The van der Waals surface area contributed by atoms with Crippen LogP contribution in [-0.4, -0.2) is 59.9 Å². The molecule has 3 aliphatic heterocycles. The molecule has 2 aromatic rings. The Morgan fingerprint density at radius 2 is 1.74 bits per heavy atom. The van der Waals surface area contributed by atoms with Gasteiger partial charge in [-0.25, -0.2) is 0 Å². The van der Waals surface area contributed by atoms with Crippen LogP contribution < -0.4 is 4.74 Å². The number of morpholine rings is 1. The maximum absolute atomic E-state index is 12.9. The molecule has 0 spiro atoms. The van der Waals surface area contributed by atoms with E-state index in [1.165, 1.54) is 10.5 Å². The first-order valence-electron chi connectivity index (χ1n) is 11.3. The van der Waals surface area contributed by atoms with Crippen molar-refractivity contribution in [2.24, 2.45) is 0 Å². The van der Waals surface area contributed by atoms with Gasteiger partial charge in [0.05, 0.1) is 37.6 Å². The van der Waals surface area contributed by atoms with Gasteiger partial charge in [-0.2, -0.15) is 0 Å². The van der Waals surface area contributed by atoms with E-state index >= 15 is 0 Å². The summed E-state index contributed by atoms with van der Waals surface area (Å²) in [5, 5.41) is 3.54. The second-order valence-electron chi connectivity index (χ2n) is 8.61. The van der Waals surface area contributed by atoms with Crippen LogP contribution in [0.15, 0.2) is 42.5 Å². The molecule has 0 aromatic heterocycles. The molecular weight excluding hydrogens is 511 g/mol. The van der Waals surface area contributed by atoms with Crippen LogP contribution >= 0.6 is 0 Å². The average Bonchev–Trinajstić information content (AvgIpc) is 3.16. The van der Waals surface area contributed by atoms with Gasteiger partial charge < -0.3 is 29.3 Å². The average molecular weight is 537 g/mol. The Bertz CT molecular complexity index is 1070. The van der Waals surface area contributed by atoms with E-state index in [1.54, 1.807) is 12.1 Å². The maximum atomic E-state index is 12.9. The van der Waals surface area contributed by atoms with Crippen LogP contribution in [0.2, 0.25) is 0 Å². The summed E-state index contributed by atoms with van der Waals surface area (Å²) in [6, 6.07) is 13.1. The number of rotatable bonds is 6. The molecule has 0 N–H and O–H groups in total. The number of imide groups is 1. The first kappa shape index (κ1) is 25.0. The van der Waals surface area contributed by atoms with Crippen LogP contribution in [-0.2, 0) is 66.7 Å². The number of hydrogen-bond acceptors (Lipinski definition) is 6. The number of nitrogens with zero attached hydrogens (tertiary/aromatic N) is 3. The predicted octanol–water partition coefficient (Wildman–Crippen LogP) is 2.64. The third-order valence-corrected chi connectivity index (χ3v) is 6.41. The summed E-state index contributed by atoms with van der Waals surface area (Å²) in [5.74, 6) is -0.532. The van der Waals surface area contributed by atoms with Gasteiger partial charge in [-0.15, -0.1) is 0 Å². The van der Waals surface area contributed by atoms with Crippen molar-refractivity contribution in [1.82, 2.24) is 9.80 Å². The second kappa shape index (κ2) is 11.1. The quantitative estimate of drug-likeness (QED) is 0.527. The van der Waals surface area contributed by atoms with Crippen molar-refractivity contribution in [2.75, 3.05) is 26.3 Å². The van der Waals surface area contributed by atoms with Gasteiger partial charge in [-0.1, -0.05) is 30.3 Å². The normalized spacial score (nSPS) is 20.5. The Morgan fingerprint density at radius 1 is 1.00 bits per heavy atom. The minimum atomic E-state index is -0.686.